The van der Waals surface area contributed by atoms with Crippen molar-refractivity contribution < 1.29 is 32.1 Å². The SMILES string of the molecule is C#Cc1c(F)ccc2cc(O)cc(-c3ncc4c(N5CCNC(CC)C5)nc(OCC5(CN6CCOCC6)CC5)nc4c3C(F)(F)F)c12. The van der Waals surface area contributed by atoms with Gasteiger partial charge in [0.2, 0.25) is 0 Å². The first-order valence-corrected chi connectivity index (χ1v) is 16.2. The van der Waals surface area contributed by atoms with Gasteiger partial charge in [-0.15, -0.1) is 6.42 Å². The van der Waals surface area contributed by atoms with Crippen LogP contribution in [-0.2, 0) is 10.9 Å². The number of hydrogen-bond donors (Lipinski definition) is 2. The van der Waals surface area contributed by atoms with Gasteiger partial charge in [0.1, 0.15) is 22.9 Å². The third-order valence-electron chi connectivity index (χ3n) is 9.61. The van der Waals surface area contributed by atoms with Crippen molar-refractivity contribution in [2.45, 2.75) is 38.4 Å². The molecule has 2 saturated heterocycles. The molecule has 7 rings (SSSR count). The Labute approximate surface area is 275 Å². The van der Waals surface area contributed by atoms with Crippen LogP contribution in [0.2, 0.25) is 0 Å². The molecule has 4 aromatic rings. The van der Waals surface area contributed by atoms with Gasteiger partial charge < -0.3 is 24.8 Å². The zero-order valence-corrected chi connectivity index (χ0v) is 26.5. The van der Waals surface area contributed by atoms with Gasteiger partial charge in [-0.2, -0.15) is 23.1 Å². The van der Waals surface area contributed by atoms with Crippen LogP contribution in [0.3, 0.4) is 0 Å². The van der Waals surface area contributed by atoms with E-state index >= 15 is 13.2 Å². The van der Waals surface area contributed by atoms with Gasteiger partial charge in [0.25, 0.3) is 0 Å². The number of aromatic nitrogens is 3. The number of fused-ring (bicyclic) bond motifs is 2. The van der Waals surface area contributed by atoms with E-state index in [1.165, 1.54) is 18.3 Å². The van der Waals surface area contributed by atoms with Gasteiger partial charge in [-0.25, -0.2) is 4.39 Å². The first-order chi connectivity index (χ1) is 23.1. The molecule has 48 heavy (non-hydrogen) atoms. The normalized spacial score (nSPS) is 19.8. The lowest BCUT2D eigenvalue weighted by atomic mass is 9.93. The van der Waals surface area contributed by atoms with E-state index < -0.39 is 28.8 Å². The minimum absolute atomic E-state index is 0.0325. The summed E-state index contributed by atoms with van der Waals surface area (Å²) in [6.07, 6.45) is 4.68. The molecule has 1 atom stereocenters. The van der Waals surface area contributed by atoms with Gasteiger partial charge in [0.15, 0.2) is 0 Å². The number of anilines is 1. The van der Waals surface area contributed by atoms with E-state index in [0.717, 1.165) is 51.0 Å². The average Bonchev–Trinajstić information content (AvgIpc) is 3.85. The number of terminal acetylenes is 1. The molecule has 0 radical (unpaired) electrons. The number of nitrogens with zero attached hydrogens (tertiary/aromatic N) is 5. The van der Waals surface area contributed by atoms with Crippen LogP contribution in [0.1, 0.15) is 37.3 Å². The monoisotopic (exact) mass is 664 g/mol. The smallest absolute Gasteiger partial charge is 0.420 e. The maximum Gasteiger partial charge on any atom is 0.420 e. The van der Waals surface area contributed by atoms with Crippen LogP contribution in [0, 0.1) is 23.6 Å². The molecule has 0 amide bonds. The van der Waals surface area contributed by atoms with Gasteiger partial charge >= 0.3 is 12.2 Å². The summed E-state index contributed by atoms with van der Waals surface area (Å²) in [5.41, 5.74) is -2.61. The summed E-state index contributed by atoms with van der Waals surface area (Å²) >= 11 is 0. The molecule has 2 aliphatic heterocycles. The molecule has 0 bridgehead atoms. The minimum Gasteiger partial charge on any atom is -0.508 e. The topological polar surface area (TPSA) is 95.9 Å². The van der Waals surface area contributed by atoms with E-state index in [1.54, 1.807) is 0 Å². The summed E-state index contributed by atoms with van der Waals surface area (Å²) < 4.78 is 72.6. The minimum atomic E-state index is -4.96. The quantitative estimate of drug-likeness (QED) is 0.191. The number of morpholine rings is 1. The van der Waals surface area contributed by atoms with Crippen LogP contribution in [0.5, 0.6) is 11.8 Å². The van der Waals surface area contributed by atoms with Crippen LogP contribution in [0.15, 0.2) is 30.5 Å². The largest absolute Gasteiger partial charge is 0.508 e. The number of rotatable bonds is 8. The molecule has 13 heteroatoms. The molecule has 2 aromatic heterocycles. The molecule has 4 heterocycles. The van der Waals surface area contributed by atoms with Crippen LogP contribution in [0.4, 0.5) is 23.4 Å². The van der Waals surface area contributed by atoms with E-state index in [0.29, 0.717) is 38.7 Å². The standard InChI is InChI=1S/C35H36F4N6O3/c1-3-22-18-45(10-9-40-22)32-26-17-41-30(25-16-23(46)15-21-5-6-27(36)24(4-2)28(21)25)29(35(37,38)39)31(26)42-33(43-32)48-20-34(7-8-34)19-44-11-13-47-14-12-44/h2,5-6,15-17,22,40,46H,3,7-14,18-20H2,1H3. The Morgan fingerprint density at radius 2 is 1.96 bits per heavy atom. The molecule has 0 spiro atoms. The Balaban J connectivity index is 1.39. The number of ether oxygens (including phenoxy) is 2. The highest BCUT2D eigenvalue weighted by atomic mass is 19.4. The number of phenolic OH excluding ortho intramolecular Hbond substituents is 1. The molecule has 2 aromatic carbocycles. The van der Waals surface area contributed by atoms with E-state index in [4.69, 9.17) is 20.9 Å². The van der Waals surface area contributed by atoms with Gasteiger partial charge in [-0.1, -0.05) is 18.9 Å². The summed E-state index contributed by atoms with van der Waals surface area (Å²) in [6.45, 7) is 7.72. The average molecular weight is 665 g/mol. The summed E-state index contributed by atoms with van der Waals surface area (Å²) in [4.78, 5) is 17.7. The number of hydrogen-bond acceptors (Lipinski definition) is 9. The lowest BCUT2D eigenvalue weighted by Gasteiger charge is -2.35. The summed E-state index contributed by atoms with van der Waals surface area (Å²) in [6, 6.07) is 4.87. The zero-order valence-electron chi connectivity index (χ0n) is 26.5. The van der Waals surface area contributed by atoms with Crippen molar-refractivity contribution in [1.29, 1.82) is 0 Å². The van der Waals surface area contributed by atoms with Crippen molar-refractivity contribution in [3.05, 3.63) is 47.4 Å². The van der Waals surface area contributed by atoms with Crippen molar-refractivity contribution in [2.75, 3.05) is 64.0 Å². The highest BCUT2D eigenvalue weighted by molar-refractivity contribution is 6.04. The fourth-order valence-electron chi connectivity index (χ4n) is 6.85. The molecule has 1 unspecified atom stereocenters. The van der Waals surface area contributed by atoms with Gasteiger partial charge in [0.05, 0.1) is 42.0 Å². The second-order valence-electron chi connectivity index (χ2n) is 12.9. The number of pyridine rings is 1. The maximum absolute atomic E-state index is 15.3. The van der Waals surface area contributed by atoms with Crippen molar-refractivity contribution >= 4 is 27.5 Å². The summed E-state index contributed by atoms with van der Waals surface area (Å²) in [5, 5.41) is 14.4. The van der Waals surface area contributed by atoms with E-state index in [1.807, 2.05) is 11.8 Å². The number of halogens is 4. The third-order valence-corrected chi connectivity index (χ3v) is 9.61. The summed E-state index contributed by atoms with van der Waals surface area (Å²) in [5.74, 6) is 1.47. The number of alkyl halides is 3. The lowest BCUT2D eigenvalue weighted by Crippen LogP contribution is -2.50. The lowest BCUT2D eigenvalue weighted by molar-refractivity contribution is -0.136. The Hall–Kier alpha value is -4.25. The highest BCUT2D eigenvalue weighted by Gasteiger charge is 2.45. The van der Waals surface area contributed by atoms with E-state index in [2.05, 4.69) is 26.1 Å². The van der Waals surface area contributed by atoms with Crippen LogP contribution < -0.4 is 15.0 Å². The van der Waals surface area contributed by atoms with Crippen molar-refractivity contribution in [3.63, 3.8) is 0 Å². The van der Waals surface area contributed by atoms with Crippen molar-refractivity contribution in [2.24, 2.45) is 5.41 Å². The molecule has 3 fully saturated rings. The van der Waals surface area contributed by atoms with E-state index in [-0.39, 0.29) is 57.1 Å². The molecule has 252 valence electrons. The highest BCUT2D eigenvalue weighted by Crippen LogP contribution is 2.48. The first kappa shape index (κ1) is 32.3. The van der Waals surface area contributed by atoms with Gasteiger partial charge in [-0.05, 0) is 42.8 Å². The Kier molecular flexibility index (Phi) is 8.51. The fraction of sp³-hybridized carbons (Fsp3) is 0.457. The number of aromatic hydroxyl groups is 1. The predicted octanol–water partition coefficient (Wildman–Crippen LogP) is 5.37. The van der Waals surface area contributed by atoms with Crippen LogP contribution in [-0.4, -0.2) is 90.1 Å². The van der Waals surface area contributed by atoms with Crippen LogP contribution >= 0.6 is 0 Å². The number of piperazine rings is 1. The van der Waals surface area contributed by atoms with E-state index in [9.17, 15) is 9.50 Å². The third kappa shape index (κ3) is 6.20. The molecule has 1 saturated carbocycles. The zero-order chi connectivity index (χ0) is 33.6. The molecular formula is C35H36F4N6O3. The van der Waals surface area contributed by atoms with Crippen molar-refractivity contribution in [3.8, 4) is 35.4 Å². The molecule has 1 aliphatic carbocycles. The Bertz CT molecular complexity index is 1900. The number of phenols is 1. The van der Waals surface area contributed by atoms with Crippen molar-refractivity contribution in [1.82, 2.24) is 25.2 Å². The Morgan fingerprint density at radius 3 is 2.67 bits per heavy atom. The first-order valence-electron chi connectivity index (χ1n) is 16.2. The number of nitrogens with one attached hydrogen (secondary N) is 1. The molecule has 9 nitrogen and oxygen atoms in total. The summed E-state index contributed by atoms with van der Waals surface area (Å²) in [7, 11) is 0. The van der Waals surface area contributed by atoms with Crippen LogP contribution in [0.25, 0.3) is 32.9 Å². The second-order valence-corrected chi connectivity index (χ2v) is 12.9. The Morgan fingerprint density at radius 1 is 1.17 bits per heavy atom. The van der Waals surface area contributed by atoms with Gasteiger partial charge in [0, 0.05) is 67.9 Å². The molecule has 2 N–H and O–H groups in total. The molecule has 3 aliphatic rings. The molecular weight excluding hydrogens is 628 g/mol. The maximum atomic E-state index is 15.3. The van der Waals surface area contributed by atoms with Gasteiger partial charge in [-0.3, -0.25) is 9.88 Å². The predicted molar refractivity (Wildman–Crippen MR) is 174 cm³/mol. The second kappa shape index (κ2) is 12.7. The fourth-order valence-corrected chi connectivity index (χ4v) is 6.85. The number of benzene rings is 2.